The smallest absolute Gasteiger partial charge is 0.150 e. The van der Waals surface area contributed by atoms with Crippen molar-refractivity contribution in [2.75, 3.05) is 17.2 Å². The third-order valence-corrected chi connectivity index (χ3v) is 4.08. The van der Waals surface area contributed by atoms with Crippen molar-refractivity contribution in [3.8, 4) is 0 Å². The average molecular weight is 353 g/mol. The lowest BCUT2D eigenvalue weighted by molar-refractivity contribution is 0.586. The minimum Gasteiger partial charge on any atom is -0.385 e. The SMILES string of the molecule is Fc1cc(Br)cc(F)c1NCc1cccc2c1NCCC2. The van der Waals surface area contributed by atoms with Gasteiger partial charge in [0.05, 0.1) is 0 Å². The van der Waals surface area contributed by atoms with E-state index in [-0.39, 0.29) is 5.69 Å². The Morgan fingerprint density at radius 3 is 2.71 bits per heavy atom. The molecule has 5 heteroatoms. The Balaban J connectivity index is 1.83. The molecule has 0 unspecified atom stereocenters. The third-order valence-electron chi connectivity index (χ3n) is 3.62. The highest BCUT2D eigenvalue weighted by Crippen LogP contribution is 2.28. The summed E-state index contributed by atoms with van der Waals surface area (Å²) in [4.78, 5) is 0. The lowest BCUT2D eigenvalue weighted by Gasteiger charge is -2.21. The molecule has 2 N–H and O–H groups in total. The highest BCUT2D eigenvalue weighted by molar-refractivity contribution is 9.10. The second-order valence-electron chi connectivity index (χ2n) is 5.08. The van der Waals surface area contributed by atoms with Gasteiger partial charge in [0.2, 0.25) is 0 Å². The number of anilines is 2. The van der Waals surface area contributed by atoms with E-state index in [0.717, 1.165) is 30.6 Å². The highest BCUT2D eigenvalue weighted by Gasteiger charge is 2.14. The van der Waals surface area contributed by atoms with Crippen LogP contribution in [0.5, 0.6) is 0 Å². The normalized spacial score (nSPS) is 13.5. The van der Waals surface area contributed by atoms with Gasteiger partial charge in [0.15, 0.2) is 0 Å². The van der Waals surface area contributed by atoms with Crippen molar-refractivity contribution in [1.29, 1.82) is 0 Å². The molecule has 2 nitrogen and oxygen atoms in total. The van der Waals surface area contributed by atoms with Crippen LogP contribution in [0.2, 0.25) is 0 Å². The van der Waals surface area contributed by atoms with Crippen LogP contribution in [0, 0.1) is 11.6 Å². The molecule has 1 aliphatic heterocycles. The summed E-state index contributed by atoms with van der Waals surface area (Å²) in [6.07, 6.45) is 2.15. The number of halogens is 3. The van der Waals surface area contributed by atoms with Gasteiger partial charge in [0.25, 0.3) is 0 Å². The van der Waals surface area contributed by atoms with Gasteiger partial charge in [-0.15, -0.1) is 0 Å². The van der Waals surface area contributed by atoms with Gasteiger partial charge in [-0.25, -0.2) is 8.78 Å². The summed E-state index contributed by atoms with van der Waals surface area (Å²) < 4.78 is 28.0. The molecule has 0 bridgehead atoms. The van der Waals surface area contributed by atoms with E-state index in [0.29, 0.717) is 11.0 Å². The predicted octanol–water partition coefficient (Wildman–Crippen LogP) is 4.70. The summed E-state index contributed by atoms with van der Waals surface area (Å²) in [5, 5.41) is 6.23. The van der Waals surface area contributed by atoms with Crippen molar-refractivity contribution in [2.24, 2.45) is 0 Å². The Bertz CT molecular complexity index is 650. The van der Waals surface area contributed by atoms with E-state index in [1.54, 1.807) is 0 Å². The quantitative estimate of drug-likeness (QED) is 0.836. The molecule has 1 heterocycles. The Labute approximate surface area is 130 Å². The predicted molar refractivity (Wildman–Crippen MR) is 84.6 cm³/mol. The number of hydrogen-bond acceptors (Lipinski definition) is 2. The molecule has 3 rings (SSSR count). The minimum atomic E-state index is -0.598. The number of fused-ring (bicyclic) bond motifs is 1. The Hall–Kier alpha value is -1.62. The monoisotopic (exact) mass is 352 g/mol. The van der Waals surface area contributed by atoms with E-state index >= 15 is 0 Å². The first kappa shape index (κ1) is 14.3. The van der Waals surface area contributed by atoms with Crippen LogP contribution in [-0.2, 0) is 13.0 Å². The number of nitrogens with one attached hydrogen (secondary N) is 2. The zero-order chi connectivity index (χ0) is 14.8. The van der Waals surface area contributed by atoms with Gasteiger partial charge in [-0.3, -0.25) is 0 Å². The van der Waals surface area contributed by atoms with Crippen LogP contribution in [0.25, 0.3) is 0 Å². The van der Waals surface area contributed by atoms with Crippen LogP contribution >= 0.6 is 15.9 Å². The van der Waals surface area contributed by atoms with Gasteiger partial charge < -0.3 is 10.6 Å². The zero-order valence-electron chi connectivity index (χ0n) is 11.3. The van der Waals surface area contributed by atoms with Gasteiger partial charge in [0.1, 0.15) is 17.3 Å². The molecule has 0 aromatic heterocycles. The first-order chi connectivity index (χ1) is 10.1. The molecule has 2 aromatic rings. The van der Waals surface area contributed by atoms with E-state index in [1.165, 1.54) is 17.7 Å². The van der Waals surface area contributed by atoms with Crippen molar-refractivity contribution in [1.82, 2.24) is 0 Å². The number of benzene rings is 2. The number of aryl methyl sites for hydroxylation is 1. The topological polar surface area (TPSA) is 24.1 Å². The Morgan fingerprint density at radius 2 is 1.95 bits per heavy atom. The summed E-state index contributed by atoms with van der Waals surface area (Å²) in [5.41, 5.74) is 3.28. The second kappa shape index (κ2) is 6.02. The Kier molecular flexibility index (Phi) is 4.10. The first-order valence-corrected chi connectivity index (χ1v) is 7.67. The first-order valence-electron chi connectivity index (χ1n) is 6.88. The molecule has 0 spiro atoms. The fourth-order valence-corrected chi connectivity index (χ4v) is 3.02. The van der Waals surface area contributed by atoms with Crippen LogP contribution < -0.4 is 10.6 Å². The van der Waals surface area contributed by atoms with Crippen molar-refractivity contribution < 1.29 is 8.78 Å². The maximum Gasteiger partial charge on any atom is 0.150 e. The molecule has 0 amide bonds. The lowest BCUT2D eigenvalue weighted by Crippen LogP contribution is -2.15. The van der Waals surface area contributed by atoms with Crippen molar-refractivity contribution in [3.05, 3.63) is 57.6 Å². The molecular formula is C16H15BrF2N2. The van der Waals surface area contributed by atoms with Gasteiger partial charge >= 0.3 is 0 Å². The molecule has 0 saturated heterocycles. The van der Waals surface area contributed by atoms with Crippen LogP contribution in [-0.4, -0.2) is 6.54 Å². The molecular weight excluding hydrogens is 338 g/mol. The lowest BCUT2D eigenvalue weighted by atomic mass is 9.99. The summed E-state index contributed by atoms with van der Waals surface area (Å²) in [5.74, 6) is -1.20. The average Bonchev–Trinajstić information content (AvgIpc) is 2.46. The van der Waals surface area contributed by atoms with Crippen LogP contribution in [0.1, 0.15) is 17.5 Å². The molecule has 21 heavy (non-hydrogen) atoms. The minimum absolute atomic E-state index is 0.0911. The van der Waals surface area contributed by atoms with Gasteiger partial charge in [0, 0.05) is 23.2 Å². The molecule has 0 atom stereocenters. The van der Waals surface area contributed by atoms with E-state index in [1.807, 2.05) is 12.1 Å². The summed E-state index contributed by atoms with van der Waals surface area (Å²) >= 11 is 3.07. The van der Waals surface area contributed by atoms with Crippen LogP contribution in [0.4, 0.5) is 20.2 Å². The van der Waals surface area contributed by atoms with E-state index in [9.17, 15) is 8.78 Å². The molecule has 0 aliphatic carbocycles. The van der Waals surface area contributed by atoms with E-state index < -0.39 is 11.6 Å². The van der Waals surface area contributed by atoms with Gasteiger partial charge in [-0.1, -0.05) is 34.1 Å². The summed E-state index contributed by atoms with van der Waals surface area (Å²) in [6, 6.07) is 8.55. The number of hydrogen-bond donors (Lipinski definition) is 2. The zero-order valence-corrected chi connectivity index (χ0v) is 12.9. The van der Waals surface area contributed by atoms with E-state index in [4.69, 9.17) is 0 Å². The van der Waals surface area contributed by atoms with Crippen LogP contribution in [0.15, 0.2) is 34.8 Å². The number of para-hydroxylation sites is 1. The molecule has 0 fully saturated rings. The highest BCUT2D eigenvalue weighted by atomic mass is 79.9. The van der Waals surface area contributed by atoms with Crippen molar-refractivity contribution in [3.63, 3.8) is 0 Å². The molecule has 2 aromatic carbocycles. The maximum absolute atomic E-state index is 13.8. The molecule has 110 valence electrons. The molecule has 1 aliphatic rings. The summed E-state index contributed by atoms with van der Waals surface area (Å²) in [7, 11) is 0. The molecule has 0 radical (unpaired) electrons. The van der Waals surface area contributed by atoms with Crippen LogP contribution in [0.3, 0.4) is 0 Å². The third kappa shape index (κ3) is 3.02. The summed E-state index contributed by atoms with van der Waals surface area (Å²) in [6.45, 7) is 1.32. The second-order valence-corrected chi connectivity index (χ2v) is 6.00. The van der Waals surface area contributed by atoms with Gasteiger partial charge in [-0.05, 0) is 36.1 Å². The maximum atomic E-state index is 13.8. The number of rotatable bonds is 3. The largest absolute Gasteiger partial charge is 0.385 e. The Morgan fingerprint density at radius 1 is 1.19 bits per heavy atom. The molecule has 0 saturated carbocycles. The van der Waals surface area contributed by atoms with Gasteiger partial charge in [-0.2, -0.15) is 0 Å². The van der Waals surface area contributed by atoms with Crippen molar-refractivity contribution in [2.45, 2.75) is 19.4 Å². The fraction of sp³-hybridized carbons (Fsp3) is 0.250. The standard InChI is InChI=1S/C16H15BrF2N2/c17-12-7-13(18)16(14(19)8-12)21-9-11-4-1-3-10-5-2-6-20-15(10)11/h1,3-4,7-8,20-21H,2,5-6,9H2. The van der Waals surface area contributed by atoms with Crippen molar-refractivity contribution >= 4 is 27.3 Å². The van der Waals surface area contributed by atoms with E-state index in [2.05, 4.69) is 32.6 Å². The fourth-order valence-electron chi connectivity index (χ4n) is 2.62.